The van der Waals surface area contributed by atoms with Crippen molar-refractivity contribution in [2.45, 2.75) is 37.6 Å². The van der Waals surface area contributed by atoms with E-state index in [1.165, 1.54) is 0 Å². The van der Waals surface area contributed by atoms with E-state index in [0.717, 1.165) is 5.56 Å². The van der Waals surface area contributed by atoms with Gasteiger partial charge < -0.3 is 18.6 Å². The van der Waals surface area contributed by atoms with Crippen LogP contribution in [-0.2, 0) is 18.6 Å². The Morgan fingerprint density at radius 3 is 2.15 bits per heavy atom. The summed E-state index contributed by atoms with van der Waals surface area (Å²) in [7, 11) is 1.51. The van der Waals surface area contributed by atoms with Gasteiger partial charge in [0, 0.05) is 14.2 Å². The minimum Gasteiger partial charge on any atom is -0.403 e. The molecule has 1 fully saturated rings. The summed E-state index contributed by atoms with van der Waals surface area (Å²) in [6, 6.07) is 10.1. The third-order valence-electron chi connectivity index (χ3n) is 3.35. The zero-order valence-corrected chi connectivity index (χ0v) is 13.9. The Labute approximate surface area is 122 Å². The van der Waals surface area contributed by atoms with Crippen LogP contribution < -0.4 is 0 Å². The minimum atomic E-state index is -1.77. The summed E-state index contributed by atoms with van der Waals surface area (Å²) < 4.78 is 23.2. The molecule has 0 N–H and O–H groups in total. The van der Waals surface area contributed by atoms with Gasteiger partial charge in [-0.2, -0.15) is 0 Å². The maximum Gasteiger partial charge on any atom is 0.190 e. The number of rotatable bonds is 6. The van der Waals surface area contributed by atoms with Gasteiger partial charge in [0.15, 0.2) is 20.2 Å². The van der Waals surface area contributed by atoms with E-state index in [2.05, 4.69) is 31.8 Å². The molecule has 0 radical (unpaired) electrons. The van der Waals surface area contributed by atoms with Crippen LogP contribution in [0.2, 0.25) is 19.6 Å². The molecule has 1 aromatic carbocycles. The molecule has 0 spiro atoms. The van der Waals surface area contributed by atoms with Crippen LogP contribution in [0.5, 0.6) is 0 Å². The average molecular weight is 296 g/mol. The summed E-state index contributed by atoms with van der Waals surface area (Å²) in [4.78, 5) is 0. The van der Waals surface area contributed by atoms with E-state index in [4.69, 9.17) is 18.6 Å². The monoisotopic (exact) mass is 296 g/mol. The highest BCUT2D eigenvalue weighted by atomic mass is 28.4. The van der Waals surface area contributed by atoms with Crippen LogP contribution in [0.15, 0.2) is 30.3 Å². The molecule has 4 nitrogen and oxygen atoms in total. The molecule has 1 aliphatic rings. The Morgan fingerprint density at radius 1 is 1.15 bits per heavy atom. The van der Waals surface area contributed by atoms with E-state index >= 15 is 0 Å². The lowest BCUT2D eigenvalue weighted by atomic mass is 9.86. The highest BCUT2D eigenvalue weighted by Crippen LogP contribution is 2.46. The highest BCUT2D eigenvalue weighted by molar-refractivity contribution is 6.69. The van der Waals surface area contributed by atoms with Crippen molar-refractivity contribution in [3.05, 3.63) is 35.9 Å². The fourth-order valence-electron chi connectivity index (χ4n) is 2.73. The predicted molar refractivity (Wildman–Crippen MR) is 80.1 cm³/mol. The first-order valence-electron chi connectivity index (χ1n) is 6.85. The summed E-state index contributed by atoms with van der Waals surface area (Å²) in [5, 5.41) is 0. The minimum absolute atomic E-state index is 0.152. The van der Waals surface area contributed by atoms with Gasteiger partial charge in [-0.1, -0.05) is 30.3 Å². The molecular weight excluding hydrogens is 272 g/mol. The van der Waals surface area contributed by atoms with Crippen molar-refractivity contribution in [1.29, 1.82) is 0 Å². The first kappa shape index (κ1) is 15.7. The molecule has 2 atom stereocenters. The fraction of sp³-hybridized carbons (Fsp3) is 0.600. The third-order valence-corrected chi connectivity index (χ3v) is 4.34. The van der Waals surface area contributed by atoms with Gasteiger partial charge >= 0.3 is 0 Å². The lowest BCUT2D eigenvalue weighted by molar-refractivity contribution is -0.326. The quantitative estimate of drug-likeness (QED) is 0.597. The number of methoxy groups -OCH3 is 2. The smallest absolute Gasteiger partial charge is 0.190 e. The highest BCUT2D eigenvalue weighted by Gasteiger charge is 2.58. The molecule has 5 heteroatoms. The van der Waals surface area contributed by atoms with Gasteiger partial charge in [-0.15, -0.1) is 0 Å². The zero-order valence-electron chi connectivity index (χ0n) is 12.9. The third kappa shape index (κ3) is 2.97. The molecule has 1 aromatic rings. The molecule has 1 heterocycles. The standard InChI is InChI=1S/C15H24O4Si/c1-16-14(17-2)15(19-20(3,4)5)11-18-13(15)12-9-7-6-8-10-12/h6-10,13-14H,11H2,1-5H3/t13-,15-/m0/s1. The normalized spacial score (nSPS) is 26.6. The van der Waals surface area contributed by atoms with E-state index < -0.39 is 20.2 Å². The summed E-state index contributed by atoms with van der Waals surface area (Å²) in [5.41, 5.74) is 0.533. The SMILES string of the molecule is COC(OC)[C@]1(O[Si](C)(C)C)CO[C@H]1c1ccccc1. The van der Waals surface area contributed by atoms with Gasteiger partial charge in [-0.05, 0) is 25.2 Å². The number of benzene rings is 1. The topological polar surface area (TPSA) is 36.9 Å². The number of hydrogen-bond donors (Lipinski definition) is 0. The van der Waals surface area contributed by atoms with E-state index in [0.29, 0.717) is 6.61 Å². The van der Waals surface area contributed by atoms with Crippen molar-refractivity contribution in [1.82, 2.24) is 0 Å². The van der Waals surface area contributed by atoms with Crippen LogP contribution >= 0.6 is 0 Å². The van der Waals surface area contributed by atoms with Crippen molar-refractivity contribution >= 4 is 8.32 Å². The maximum absolute atomic E-state index is 6.44. The van der Waals surface area contributed by atoms with Crippen LogP contribution in [-0.4, -0.2) is 41.0 Å². The van der Waals surface area contributed by atoms with Crippen molar-refractivity contribution in [2.24, 2.45) is 0 Å². The van der Waals surface area contributed by atoms with E-state index in [1.807, 2.05) is 18.2 Å². The summed E-state index contributed by atoms with van der Waals surface area (Å²) in [5.74, 6) is 0. The lowest BCUT2D eigenvalue weighted by Gasteiger charge is -2.54. The molecule has 20 heavy (non-hydrogen) atoms. The van der Waals surface area contributed by atoms with Crippen LogP contribution in [0.4, 0.5) is 0 Å². The fourth-order valence-corrected chi connectivity index (χ4v) is 4.13. The number of hydrogen-bond acceptors (Lipinski definition) is 4. The average Bonchev–Trinajstić information content (AvgIpc) is 2.37. The van der Waals surface area contributed by atoms with Crippen molar-refractivity contribution in [3.63, 3.8) is 0 Å². The van der Waals surface area contributed by atoms with Crippen molar-refractivity contribution < 1.29 is 18.6 Å². The van der Waals surface area contributed by atoms with Crippen LogP contribution in [0.1, 0.15) is 11.7 Å². The summed E-state index contributed by atoms with van der Waals surface area (Å²) >= 11 is 0. The van der Waals surface area contributed by atoms with Crippen LogP contribution in [0, 0.1) is 0 Å². The van der Waals surface area contributed by atoms with Crippen LogP contribution in [0.3, 0.4) is 0 Å². The first-order chi connectivity index (χ1) is 9.43. The lowest BCUT2D eigenvalue weighted by Crippen LogP contribution is -2.65. The second kappa shape index (κ2) is 5.95. The maximum atomic E-state index is 6.44. The Hall–Kier alpha value is -0.723. The van der Waals surface area contributed by atoms with Crippen molar-refractivity contribution in [3.8, 4) is 0 Å². The van der Waals surface area contributed by atoms with Gasteiger partial charge in [0.25, 0.3) is 0 Å². The Kier molecular flexibility index (Phi) is 4.66. The number of ether oxygens (including phenoxy) is 3. The van der Waals surface area contributed by atoms with Gasteiger partial charge in [0.05, 0.1) is 6.61 Å². The summed E-state index contributed by atoms with van der Waals surface area (Å²) in [6.45, 7) is 6.98. The largest absolute Gasteiger partial charge is 0.403 e. The molecule has 0 saturated carbocycles. The molecule has 0 aliphatic carbocycles. The second-order valence-corrected chi connectivity index (χ2v) is 10.5. The molecule has 0 aromatic heterocycles. The van der Waals surface area contributed by atoms with Gasteiger partial charge in [0.2, 0.25) is 0 Å². The molecule has 1 saturated heterocycles. The van der Waals surface area contributed by atoms with E-state index in [9.17, 15) is 0 Å². The van der Waals surface area contributed by atoms with Crippen LogP contribution in [0.25, 0.3) is 0 Å². The molecule has 112 valence electrons. The Bertz CT molecular complexity index is 427. The first-order valence-corrected chi connectivity index (χ1v) is 10.3. The van der Waals surface area contributed by atoms with Gasteiger partial charge in [0.1, 0.15) is 6.10 Å². The molecule has 0 unspecified atom stereocenters. The van der Waals surface area contributed by atoms with Crippen molar-refractivity contribution in [2.75, 3.05) is 20.8 Å². The van der Waals surface area contributed by atoms with Gasteiger partial charge in [-0.25, -0.2) is 0 Å². The molecule has 0 amide bonds. The zero-order chi connectivity index (χ0) is 14.8. The summed E-state index contributed by atoms with van der Waals surface area (Å²) in [6.07, 6.45) is -0.589. The predicted octanol–water partition coefficient (Wildman–Crippen LogP) is 2.97. The molecule has 2 rings (SSSR count). The van der Waals surface area contributed by atoms with E-state index in [1.54, 1.807) is 14.2 Å². The molecular formula is C15H24O4Si. The van der Waals surface area contributed by atoms with E-state index in [-0.39, 0.29) is 6.10 Å². The second-order valence-electron chi connectivity index (χ2n) is 6.07. The Balaban J connectivity index is 2.33. The van der Waals surface area contributed by atoms with Gasteiger partial charge in [-0.3, -0.25) is 0 Å². The Morgan fingerprint density at radius 2 is 1.75 bits per heavy atom. The molecule has 0 bridgehead atoms. The molecule has 1 aliphatic heterocycles.